The van der Waals surface area contributed by atoms with Crippen LogP contribution in [0.15, 0.2) is 35.3 Å². The molecule has 0 spiro atoms. The molecule has 0 radical (unpaired) electrons. The lowest BCUT2D eigenvalue weighted by atomic mass is 10.1. The second kappa shape index (κ2) is 15.7. The van der Waals surface area contributed by atoms with E-state index in [4.69, 9.17) is 22.9 Å². The smallest absolute Gasteiger partial charge is 0.326 e. The summed E-state index contributed by atoms with van der Waals surface area (Å²) in [5.41, 5.74) is 22.1. The number of rotatable bonds is 16. The Kier molecular flexibility index (Phi) is 13.0. The van der Waals surface area contributed by atoms with Gasteiger partial charge in [-0.2, -0.15) is 0 Å². The summed E-state index contributed by atoms with van der Waals surface area (Å²) in [7, 11) is 0. The highest BCUT2D eigenvalue weighted by Gasteiger charge is 2.25. The van der Waals surface area contributed by atoms with E-state index in [0.29, 0.717) is 12.0 Å². The molecule has 0 bridgehead atoms. The Morgan fingerprint density at radius 2 is 1.58 bits per heavy atom. The van der Waals surface area contributed by atoms with Crippen LogP contribution in [0.4, 0.5) is 0 Å². The number of hydrogen-bond acceptors (Lipinski definition) is 7. The van der Waals surface area contributed by atoms with Crippen LogP contribution in [-0.4, -0.2) is 71.9 Å². The fourth-order valence-electron chi connectivity index (χ4n) is 3.07. The summed E-state index contributed by atoms with van der Waals surface area (Å²) >= 11 is 0. The van der Waals surface area contributed by atoms with Gasteiger partial charge in [-0.3, -0.25) is 24.2 Å². The summed E-state index contributed by atoms with van der Waals surface area (Å²) in [6.07, 6.45) is 0.373. The third kappa shape index (κ3) is 12.3. The van der Waals surface area contributed by atoms with E-state index in [2.05, 4.69) is 20.9 Å². The average Bonchev–Trinajstić information content (AvgIpc) is 2.82. The van der Waals surface area contributed by atoms with E-state index < -0.39 is 54.3 Å². The van der Waals surface area contributed by atoms with Gasteiger partial charge >= 0.3 is 5.97 Å². The minimum atomic E-state index is -1.23. The van der Waals surface area contributed by atoms with Crippen molar-refractivity contribution in [3.63, 3.8) is 0 Å². The summed E-state index contributed by atoms with van der Waals surface area (Å²) in [5, 5.41) is 16.6. The molecule has 36 heavy (non-hydrogen) atoms. The van der Waals surface area contributed by atoms with Gasteiger partial charge in [0.25, 0.3) is 0 Å². The third-order valence-electron chi connectivity index (χ3n) is 4.96. The van der Waals surface area contributed by atoms with Crippen molar-refractivity contribution in [2.45, 2.75) is 50.2 Å². The molecule has 0 heterocycles. The van der Waals surface area contributed by atoms with E-state index in [1.165, 1.54) is 0 Å². The molecule has 12 N–H and O–H groups in total. The highest BCUT2D eigenvalue weighted by atomic mass is 16.4. The number of amides is 4. The largest absolute Gasteiger partial charge is 0.480 e. The predicted molar refractivity (Wildman–Crippen MR) is 131 cm³/mol. The molecule has 0 aromatic heterocycles. The average molecular weight is 507 g/mol. The van der Waals surface area contributed by atoms with E-state index in [1.807, 2.05) is 0 Å². The first kappa shape index (κ1) is 29.8. The normalized spacial score (nSPS) is 12.9. The molecular weight excluding hydrogens is 472 g/mol. The monoisotopic (exact) mass is 506 g/mol. The summed E-state index contributed by atoms with van der Waals surface area (Å²) in [6.45, 7) is -0.332. The predicted octanol–water partition coefficient (Wildman–Crippen LogP) is -2.95. The first-order valence-corrected chi connectivity index (χ1v) is 11.2. The molecule has 0 aliphatic rings. The zero-order valence-electron chi connectivity index (χ0n) is 19.8. The van der Waals surface area contributed by atoms with Gasteiger partial charge in [0.2, 0.25) is 23.6 Å². The van der Waals surface area contributed by atoms with E-state index in [9.17, 15) is 29.1 Å². The van der Waals surface area contributed by atoms with Gasteiger partial charge < -0.3 is 44.0 Å². The van der Waals surface area contributed by atoms with Gasteiger partial charge in [0.05, 0.1) is 12.6 Å². The number of benzene rings is 1. The molecule has 14 heteroatoms. The second-order valence-electron chi connectivity index (χ2n) is 7.99. The maximum Gasteiger partial charge on any atom is 0.326 e. The summed E-state index contributed by atoms with van der Waals surface area (Å²) in [5.74, 6) is -4.09. The number of nitrogens with two attached hydrogens (primary N) is 4. The number of primary amides is 1. The molecule has 1 rings (SSSR count). The van der Waals surface area contributed by atoms with E-state index in [0.717, 1.165) is 0 Å². The molecule has 14 nitrogen and oxygen atoms in total. The van der Waals surface area contributed by atoms with Crippen LogP contribution in [0.2, 0.25) is 0 Å². The molecule has 3 atom stereocenters. The fraction of sp³-hybridized carbons (Fsp3) is 0.455. The quantitative estimate of drug-likeness (QED) is 0.0646. The number of carbonyl (C=O) groups excluding carboxylic acids is 4. The van der Waals surface area contributed by atoms with Gasteiger partial charge in [0, 0.05) is 19.4 Å². The van der Waals surface area contributed by atoms with Crippen molar-refractivity contribution in [1.29, 1.82) is 0 Å². The lowest BCUT2D eigenvalue weighted by molar-refractivity contribution is -0.141. The SMILES string of the molecule is NC(=O)CCC(N)C(=O)NC(CCCN=C(N)N)C(=O)NCC(=O)NC(Cc1ccccc1)C(=O)O. The number of carbonyl (C=O) groups is 5. The maximum absolute atomic E-state index is 12.7. The molecular formula is C22H34N8O6. The number of aliphatic imine (C=N–C) groups is 1. The molecule has 0 saturated carbocycles. The van der Waals surface area contributed by atoms with E-state index in [1.54, 1.807) is 30.3 Å². The third-order valence-corrected chi connectivity index (χ3v) is 4.96. The van der Waals surface area contributed by atoms with Crippen molar-refractivity contribution in [3.8, 4) is 0 Å². The van der Waals surface area contributed by atoms with Gasteiger partial charge in [-0.1, -0.05) is 30.3 Å². The molecule has 3 unspecified atom stereocenters. The van der Waals surface area contributed by atoms with Crippen LogP contribution in [0, 0.1) is 0 Å². The Bertz CT molecular complexity index is 936. The minimum Gasteiger partial charge on any atom is -0.480 e. The van der Waals surface area contributed by atoms with Gasteiger partial charge in [-0.05, 0) is 24.8 Å². The number of nitrogens with zero attached hydrogens (tertiary/aromatic N) is 1. The Balaban J connectivity index is 2.72. The highest BCUT2D eigenvalue weighted by Crippen LogP contribution is 2.04. The number of carboxylic acids is 1. The lowest BCUT2D eigenvalue weighted by Crippen LogP contribution is -2.53. The summed E-state index contributed by atoms with van der Waals surface area (Å²) in [6, 6.07) is 5.37. The van der Waals surface area contributed by atoms with Crippen LogP contribution in [0.25, 0.3) is 0 Å². The van der Waals surface area contributed by atoms with Crippen LogP contribution >= 0.6 is 0 Å². The molecule has 0 aliphatic carbocycles. The van der Waals surface area contributed by atoms with Crippen LogP contribution in [0.3, 0.4) is 0 Å². The summed E-state index contributed by atoms with van der Waals surface area (Å²) in [4.78, 5) is 63.6. The Morgan fingerprint density at radius 3 is 2.17 bits per heavy atom. The first-order chi connectivity index (χ1) is 17.0. The maximum atomic E-state index is 12.7. The Labute approximate surface area is 208 Å². The van der Waals surface area contributed by atoms with E-state index in [-0.39, 0.29) is 38.2 Å². The number of aliphatic carboxylic acids is 1. The first-order valence-electron chi connectivity index (χ1n) is 11.2. The number of hydrogen-bond donors (Lipinski definition) is 8. The van der Waals surface area contributed by atoms with Crippen molar-refractivity contribution in [1.82, 2.24) is 16.0 Å². The Morgan fingerprint density at radius 1 is 0.917 bits per heavy atom. The van der Waals surface area contributed by atoms with Crippen molar-refractivity contribution < 1.29 is 29.1 Å². The molecule has 198 valence electrons. The molecule has 0 fully saturated rings. The molecule has 0 saturated heterocycles. The van der Waals surface area contributed by atoms with Crippen LogP contribution < -0.4 is 38.9 Å². The van der Waals surface area contributed by atoms with Crippen LogP contribution in [-0.2, 0) is 30.4 Å². The number of guanidine groups is 1. The number of nitrogens with one attached hydrogen (secondary N) is 3. The van der Waals surface area contributed by atoms with Crippen molar-refractivity contribution in [2.24, 2.45) is 27.9 Å². The molecule has 0 aliphatic heterocycles. The van der Waals surface area contributed by atoms with Crippen molar-refractivity contribution >= 4 is 35.6 Å². The number of carboxylic acid groups (broad SMARTS) is 1. The van der Waals surface area contributed by atoms with Crippen LogP contribution in [0.1, 0.15) is 31.2 Å². The lowest BCUT2D eigenvalue weighted by Gasteiger charge is -2.21. The fourth-order valence-corrected chi connectivity index (χ4v) is 3.07. The Hall–Kier alpha value is -4.20. The standard InChI is InChI=1S/C22H34N8O6/c23-14(8-9-17(24)31)19(33)30-15(7-4-10-27-22(25)26)20(34)28-12-18(32)29-16(21(35)36)11-13-5-2-1-3-6-13/h1-3,5-6,14-16H,4,7-12,23H2,(H2,24,31)(H,28,34)(H,29,32)(H,30,33)(H,35,36)(H4,25,26,27). The van der Waals surface area contributed by atoms with Crippen molar-refractivity contribution in [2.75, 3.05) is 13.1 Å². The van der Waals surface area contributed by atoms with E-state index >= 15 is 0 Å². The minimum absolute atomic E-state index is 0.0100. The van der Waals surface area contributed by atoms with Crippen LogP contribution in [0.5, 0.6) is 0 Å². The summed E-state index contributed by atoms with van der Waals surface area (Å²) < 4.78 is 0. The van der Waals surface area contributed by atoms with Gasteiger partial charge in [0.1, 0.15) is 12.1 Å². The topological polar surface area (TPSA) is 258 Å². The zero-order chi connectivity index (χ0) is 27.1. The van der Waals surface area contributed by atoms with Gasteiger partial charge in [0.15, 0.2) is 5.96 Å². The molecule has 1 aromatic carbocycles. The van der Waals surface area contributed by atoms with Crippen molar-refractivity contribution in [3.05, 3.63) is 35.9 Å². The highest BCUT2D eigenvalue weighted by molar-refractivity contribution is 5.92. The second-order valence-corrected chi connectivity index (χ2v) is 7.99. The molecule has 4 amide bonds. The van der Waals surface area contributed by atoms with Gasteiger partial charge in [-0.15, -0.1) is 0 Å². The van der Waals surface area contributed by atoms with Gasteiger partial charge in [-0.25, -0.2) is 4.79 Å². The molecule has 1 aromatic rings. The zero-order valence-corrected chi connectivity index (χ0v) is 19.8.